The normalized spacial score (nSPS) is 14.6. The summed E-state index contributed by atoms with van der Waals surface area (Å²) in [5, 5.41) is 10.3. The predicted molar refractivity (Wildman–Crippen MR) is 82.4 cm³/mol. The second-order valence-corrected chi connectivity index (χ2v) is 5.69. The van der Waals surface area contributed by atoms with Crippen LogP contribution in [0.5, 0.6) is 0 Å². The maximum absolute atomic E-state index is 9.29. The van der Waals surface area contributed by atoms with Gasteiger partial charge < -0.3 is 9.88 Å². The minimum absolute atomic E-state index is 0.514. The molecule has 0 atom stereocenters. The van der Waals surface area contributed by atoms with E-state index in [-0.39, 0.29) is 0 Å². The van der Waals surface area contributed by atoms with Crippen molar-refractivity contribution in [1.82, 2.24) is 4.98 Å². The number of rotatable bonds is 2. The average Bonchev–Trinajstić information content (AvgIpc) is 3.09. The fourth-order valence-corrected chi connectivity index (χ4v) is 2.84. The summed E-state index contributed by atoms with van der Waals surface area (Å²) in [6, 6.07) is 9.60. The largest absolute Gasteiger partial charge is 0.357 e. The lowest BCUT2D eigenvalue weighted by atomic mass is 10.1. The lowest BCUT2D eigenvalue weighted by Gasteiger charge is -2.15. The predicted octanol–water partition coefficient (Wildman–Crippen LogP) is 4.46. The van der Waals surface area contributed by atoms with Crippen LogP contribution in [-0.2, 0) is 0 Å². The van der Waals surface area contributed by atoms with Gasteiger partial charge >= 0.3 is 0 Å². The number of aromatic amines is 1. The molecule has 0 spiro atoms. The molecule has 2 aromatic rings. The maximum atomic E-state index is 9.29. The summed E-state index contributed by atoms with van der Waals surface area (Å²) in [6.45, 7) is 1.99. The minimum Gasteiger partial charge on any atom is -0.357 e. The van der Waals surface area contributed by atoms with Gasteiger partial charge in [-0.15, -0.1) is 0 Å². The highest BCUT2D eigenvalue weighted by atomic mass is 35.5. The first-order valence-corrected chi connectivity index (χ1v) is 7.28. The Bertz CT molecular complexity index is 679. The van der Waals surface area contributed by atoms with Gasteiger partial charge in [0.25, 0.3) is 0 Å². The molecule has 1 aromatic heterocycles. The number of anilines is 1. The molecular formula is C15H13Cl2N3. The number of nitrogens with zero attached hydrogens (tertiary/aromatic N) is 2. The first kappa shape index (κ1) is 13.4. The molecule has 0 bridgehead atoms. The summed E-state index contributed by atoms with van der Waals surface area (Å²) >= 11 is 12.0. The number of halogens is 2. The summed E-state index contributed by atoms with van der Waals surface area (Å²) in [7, 11) is 0. The Hall–Kier alpha value is -1.63. The molecule has 5 heteroatoms. The molecule has 0 saturated carbocycles. The van der Waals surface area contributed by atoms with Crippen LogP contribution in [0.1, 0.15) is 18.4 Å². The standard InChI is InChI=1S/C15H13Cl2N3/c16-12-4-3-10(7-13(12)17)14-8-11(9-18)15(19-14)20-5-1-2-6-20/h3-4,7-8,19H,1-2,5-6H2. The van der Waals surface area contributed by atoms with Crippen molar-refractivity contribution < 1.29 is 0 Å². The zero-order valence-corrected chi connectivity index (χ0v) is 12.3. The zero-order valence-electron chi connectivity index (χ0n) is 10.8. The Labute approximate surface area is 127 Å². The minimum atomic E-state index is 0.514. The first-order chi connectivity index (χ1) is 9.69. The van der Waals surface area contributed by atoms with Crippen molar-refractivity contribution in [2.75, 3.05) is 18.0 Å². The van der Waals surface area contributed by atoms with Crippen molar-refractivity contribution in [2.24, 2.45) is 0 Å². The van der Waals surface area contributed by atoms with Crippen LogP contribution in [0.25, 0.3) is 11.3 Å². The van der Waals surface area contributed by atoms with E-state index in [4.69, 9.17) is 23.2 Å². The molecule has 1 fully saturated rings. The quantitative estimate of drug-likeness (QED) is 0.890. The Morgan fingerprint density at radius 2 is 1.85 bits per heavy atom. The topological polar surface area (TPSA) is 42.8 Å². The van der Waals surface area contributed by atoms with E-state index < -0.39 is 0 Å². The Kier molecular flexibility index (Phi) is 3.60. The summed E-state index contributed by atoms with van der Waals surface area (Å²) < 4.78 is 0. The highest BCUT2D eigenvalue weighted by molar-refractivity contribution is 6.42. The molecule has 0 radical (unpaired) electrons. The molecule has 1 saturated heterocycles. The third-order valence-electron chi connectivity index (χ3n) is 3.57. The molecule has 3 rings (SSSR count). The van der Waals surface area contributed by atoms with Crippen molar-refractivity contribution in [1.29, 1.82) is 5.26 Å². The first-order valence-electron chi connectivity index (χ1n) is 6.52. The molecule has 1 aliphatic rings. The van der Waals surface area contributed by atoms with Crippen molar-refractivity contribution in [3.63, 3.8) is 0 Å². The van der Waals surface area contributed by atoms with Gasteiger partial charge in [-0.25, -0.2) is 0 Å². The maximum Gasteiger partial charge on any atom is 0.124 e. The van der Waals surface area contributed by atoms with Crippen LogP contribution in [-0.4, -0.2) is 18.1 Å². The van der Waals surface area contributed by atoms with E-state index in [0.717, 1.165) is 30.2 Å². The second-order valence-electron chi connectivity index (χ2n) is 4.88. The summed E-state index contributed by atoms with van der Waals surface area (Å²) in [5.41, 5.74) is 2.50. The molecular weight excluding hydrogens is 293 g/mol. The zero-order chi connectivity index (χ0) is 14.1. The average molecular weight is 306 g/mol. The van der Waals surface area contributed by atoms with Crippen LogP contribution >= 0.6 is 23.2 Å². The Balaban J connectivity index is 2.02. The van der Waals surface area contributed by atoms with E-state index in [9.17, 15) is 5.26 Å². The van der Waals surface area contributed by atoms with Gasteiger partial charge in [0.1, 0.15) is 11.9 Å². The molecule has 0 aliphatic carbocycles. The molecule has 102 valence electrons. The van der Waals surface area contributed by atoms with Crippen LogP contribution in [0.15, 0.2) is 24.3 Å². The lowest BCUT2D eigenvalue weighted by molar-refractivity contribution is 0.944. The molecule has 0 amide bonds. The van der Waals surface area contributed by atoms with E-state index in [1.807, 2.05) is 18.2 Å². The number of H-pyrrole nitrogens is 1. The summed E-state index contributed by atoms with van der Waals surface area (Å²) in [5.74, 6) is 0.908. The van der Waals surface area contributed by atoms with Gasteiger partial charge in [-0.3, -0.25) is 0 Å². The number of hydrogen-bond acceptors (Lipinski definition) is 2. The fraction of sp³-hybridized carbons (Fsp3) is 0.267. The number of aromatic nitrogens is 1. The molecule has 1 aliphatic heterocycles. The Morgan fingerprint density at radius 1 is 1.10 bits per heavy atom. The van der Waals surface area contributed by atoms with E-state index >= 15 is 0 Å². The SMILES string of the molecule is N#Cc1cc(-c2ccc(Cl)c(Cl)c2)[nH]c1N1CCCC1. The molecule has 1 aromatic carbocycles. The van der Waals surface area contributed by atoms with Gasteiger partial charge in [0, 0.05) is 18.8 Å². The molecule has 3 nitrogen and oxygen atoms in total. The molecule has 1 N–H and O–H groups in total. The number of nitriles is 1. The third kappa shape index (κ3) is 2.37. The van der Waals surface area contributed by atoms with Crippen LogP contribution < -0.4 is 4.90 Å². The van der Waals surface area contributed by atoms with Gasteiger partial charge in [-0.1, -0.05) is 29.3 Å². The molecule has 20 heavy (non-hydrogen) atoms. The van der Waals surface area contributed by atoms with Gasteiger partial charge in [0.05, 0.1) is 15.6 Å². The summed E-state index contributed by atoms with van der Waals surface area (Å²) in [6.07, 6.45) is 2.35. The van der Waals surface area contributed by atoms with E-state index in [1.165, 1.54) is 12.8 Å². The Morgan fingerprint density at radius 3 is 2.50 bits per heavy atom. The number of benzene rings is 1. The van der Waals surface area contributed by atoms with Gasteiger partial charge in [-0.2, -0.15) is 5.26 Å². The lowest BCUT2D eigenvalue weighted by Crippen LogP contribution is -2.18. The van der Waals surface area contributed by atoms with Crippen LogP contribution in [0.2, 0.25) is 10.0 Å². The monoisotopic (exact) mass is 305 g/mol. The van der Waals surface area contributed by atoms with Crippen LogP contribution in [0.3, 0.4) is 0 Å². The van der Waals surface area contributed by atoms with E-state index in [0.29, 0.717) is 15.6 Å². The van der Waals surface area contributed by atoms with Crippen LogP contribution in [0.4, 0.5) is 5.82 Å². The second kappa shape index (κ2) is 5.40. The van der Waals surface area contributed by atoms with Gasteiger partial charge in [0.2, 0.25) is 0 Å². The number of hydrogen-bond donors (Lipinski definition) is 1. The van der Waals surface area contributed by atoms with E-state index in [1.54, 1.807) is 6.07 Å². The molecule has 0 unspecified atom stereocenters. The molecule has 2 heterocycles. The third-order valence-corrected chi connectivity index (χ3v) is 4.31. The van der Waals surface area contributed by atoms with Gasteiger partial charge in [0.15, 0.2) is 0 Å². The number of nitrogens with one attached hydrogen (secondary N) is 1. The van der Waals surface area contributed by atoms with Crippen molar-refractivity contribution in [3.05, 3.63) is 39.9 Å². The van der Waals surface area contributed by atoms with Crippen molar-refractivity contribution in [2.45, 2.75) is 12.8 Å². The smallest absolute Gasteiger partial charge is 0.124 e. The highest BCUT2D eigenvalue weighted by Crippen LogP contribution is 2.32. The highest BCUT2D eigenvalue weighted by Gasteiger charge is 2.19. The van der Waals surface area contributed by atoms with Crippen LogP contribution in [0, 0.1) is 11.3 Å². The van der Waals surface area contributed by atoms with Crippen molar-refractivity contribution in [3.8, 4) is 17.3 Å². The fourth-order valence-electron chi connectivity index (χ4n) is 2.54. The van der Waals surface area contributed by atoms with E-state index in [2.05, 4.69) is 16.0 Å². The van der Waals surface area contributed by atoms with Crippen molar-refractivity contribution >= 4 is 29.0 Å². The summed E-state index contributed by atoms with van der Waals surface area (Å²) in [4.78, 5) is 5.56. The van der Waals surface area contributed by atoms with Gasteiger partial charge in [-0.05, 0) is 36.6 Å².